The molecule has 0 bridgehead atoms. The number of unbranched alkanes of at least 4 members (excludes halogenated alkanes) is 1. The predicted octanol–water partition coefficient (Wildman–Crippen LogP) is 4.14. The van der Waals surface area contributed by atoms with E-state index in [0.717, 1.165) is 36.0 Å². The Balaban J connectivity index is 1.68. The summed E-state index contributed by atoms with van der Waals surface area (Å²) >= 11 is 0. The fourth-order valence-electron chi connectivity index (χ4n) is 6.21. The van der Waals surface area contributed by atoms with E-state index in [1.54, 1.807) is 13.2 Å². The second-order valence-corrected chi connectivity index (χ2v) is 11.0. The molecule has 1 heterocycles. The van der Waals surface area contributed by atoms with Gasteiger partial charge in [-0.25, -0.2) is 4.39 Å². The van der Waals surface area contributed by atoms with Crippen LogP contribution >= 0.6 is 0 Å². The summed E-state index contributed by atoms with van der Waals surface area (Å²) in [5.74, 6) is -0.940. The second-order valence-electron chi connectivity index (χ2n) is 11.0. The van der Waals surface area contributed by atoms with E-state index in [1.807, 2.05) is 36.1 Å². The Bertz CT molecular complexity index is 1070. The van der Waals surface area contributed by atoms with Crippen molar-refractivity contribution in [3.05, 3.63) is 59.4 Å². The van der Waals surface area contributed by atoms with Gasteiger partial charge in [0.05, 0.1) is 11.7 Å². The highest BCUT2D eigenvalue weighted by Crippen LogP contribution is 2.44. The number of carbonyl (C=O) groups is 1. The third-order valence-electron chi connectivity index (χ3n) is 8.27. The van der Waals surface area contributed by atoms with Crippen molar-refractivity contribution in [1.82, 2.24) is 4.90 Å². The molecule has 2 aromatic carbocycles. The number of hydrogen-bond acceptors (Lipinski definition) is 5. The van der Waals surface area contributed by atoms with Crippen molar-refractivity contribution >= 4 is 5.91 Å². The Hall–Kier alpha value is -2.32. The Morgan fingerprint density at radius 3 is 2.73 bits per heavy atom. The van der Waals surface area contributed by atoms with Gasteiger partial charge in [0.2, 0.25) is 5.91 Å². The van der Waals surface area contributed by atoms with Gasteiger partial charge in [0, 0.05) is 44.7 Å². The Morgan fingerprint density at radius 2 is 2.03 bits per heavy atom. The lowest BCUT2D eigenvalue weighted by Gasteiger charge is -2.44. The van der Waals surface area contributed by atoms with E-state index in [9.17, 15) is 19.4 Å². The molecule has 6 nitrogen and oxygen atoms in total. The van der Waals surface area contributed by atoms with Gasteiger partial charge in [-0.1, -0.05) is 35.9 Å². The first-order chi connectivity index (χ1) is 17.7. The van der Waals surface area contributed by atoms with Crippen molar-refractivity contribution < 1.29 is 24.1 Å². The van der Waals surface area contributed by atoms with Crippen LogP contribution in [0.15, 0.2) is 42.5 Å². The molecule has 0 radical (unpaired) electrons. The van der Waals surface area contributed by atoms with Crippen molar-refractivity contribution in [3.63, 3.8) is 0 Å². The molecule has 5 atom stereocenters. The van der Waals surface area contributed by atoms with Crippen molar-refractivity contribution in [2.45, 2.75) is 69.6 Å². The SMILES string of the molecule is COCCCCC(O)(c1cc(F)ccc1-c1cccc(C)c1)C1CCCN(C(=O)C2CC(N)C(O)C2)C1. The van der Waals surface area contributed by atoms with Crippen LogP contribution in [0.5, 0.6) is 0 Å². The molecule has 1 saturated carbocycles. The fourth-order valence-corrected chi connectivity index (χ4v) is 6.21. The Labute approximate surface area is 219 Å². The summed E-state index contributed by atoms with van der Waals surface area (Å²) < 4.78 is 20.0. The molecule has 202 valence electrons. The van der Waals surface area contributed by atoms with Gasteiger partial charge in [0.25, 0.3) is 0 Å². The lowest BCUT2D eigenvalue weighted by atomic mass is 9.72. The number of nitrogens with two attached hydrogens (primary N) is 1. The van der Waals surface area contributed by atoms with Crippen molar-refractivity contribution in [3.8, 4) is 11.1 Å². The van der Waals surface area contributed by atoms with Gasteiger partial charge in [0.1, 0.15) is 5.82 Å². The van der Waals surface area contributed by atoms with Crippen LogP contribution in [0.1, 0.15) is 56.1 Å². The van der Waals surface area contributed by atoms with Crippen LogP contribution in [0.2, 0.25) is 0 Å². The van der Waals surface area contributed by atoms with Crippen LogP contribution in [-0.4, -0.2) is 60.0 Å². The zero-order valence-electron chi connectivity index (χ0n) is 22.0. The predicted molar refractivity (Wildman–Crippen MR) is 142 cm³/mol. The van der Waals surface area contributed by atoms with Gasteiger partial charge in [-0.3, -0.25) is 4.79 Å². The number of benzene rings is 2. The average Bonchev–Trinajstić information content (AvgIpc) is 3.24. The number of aliphatic hydroxyl groups excluding tert-OH is 1. The number of amides is 1. The van der Waals surface area contributed by atoms with Crippen LogP contribution in [0, 0.1) is 24.6 Å². The molecule has 2 fully saturated rings. The van der Waals surface area contributed by atoms with E-state index in [2.05, 4.69) is 0 Å². The van der Waals surface area contributed by atoms with Gasteiger partial charge in [-0.2, -0.15) is 0 Å². The summed E-state index contributed by atoms with van der Waals surface area (Å²) in [6.07, 6.45) is 3.63. The van der Waals surface area contributed by atoms with Crippen LogP contribution < -0.4 is 5.73 Å². The normalized spacial score (nSPS) is 25.7. The molecule has 0 aromatic heterocycles. The van der Waals surface area contributed by atoms with Gasteiger partial charge < -0.3 is 25.6 Å². The molecule has 1 aliphatic heterocycles. The van der Waals surface area contributed by atoms with E-state index in [1.165, 1.54) is 12.1 Å². The van der Waals surface area contributed by atoms with Crippen LogP contribution in [0.3, 0.4) is 0 Å². The summed E-state index contributed by atoms with van der Waals surface area (Å²) in [5.41, 5.74) is 8.07. The first-order valence-corrected chi connectivity index (χ1v) is 13.5. The van der Waals surface area contributed by atoms with Crippen molar-refractivity contribution in [2.75, 3.05) is 26.8 Å². The van der Waals surface area contributed by atoms with E-state index < -0.39 is 11.7 Å². The smallest absolute Gasteiger partial charge is 0.225 e. The standard InChI is InChI=1S/C30H41FN2O4/c1-20-7-5-8-21(15-20)25-11-10-24(31)18-26(25)30(36,12-3-4-14-37-2)23-9-6-13-33(19-23)29(35)22-16-27(32)28(34)17-22/h5,7-8,10-11,15,18,22-23,27-28,34,36H,3-4,6,9,12-14,16-17,19,32H2,1-2H3. The molecule has 5 unspecified atom stereocenters. The number of piperidine rings is 1. The molecule has 7 heteroatoms. The summed E-state index contributed by atoms with van der Waals surface area (Å²) in [6.45, 7) is 3.61. The third kappa shape index (κ3) is 6.23. The maximum atomic E-state index is 14.7. The number of rotatable bonds is 9. The lowest BCUT2D eigenvalue weighted by Crippen LogP contribution is -2.49. The first-order valence-electron chi connectivity index (χ1n) is 13.5. The van der Waals surface area contributed by atoms with E-state index in [-0.39, 0.29) is 29.6 Å². The molecule has 1 saturated heterocycles. The number of aliphatic hydroxyl groups is 2. The van der Waals surface area contributed by atoms with E-state index >= 15 is 0 Å². The van der Waals surface area contributed by atoms with Crippen LogP contribution in [0.25, 0.3) is 11.1 Å². The number of ether oxygens (including phenoxy) is 1. The Kier molecular flexibility index (Phi) is 9.01. The number of halogens is 1. The highest BCUT2D eigenvalue weighted by atomic mass is 19.1. The second kappa shape index (κ2) is 12.0. The summed E-state index contributed by atoms with van der Waals surface area (Å²) in [4.78, 5) is 15.2. The number of aryl methyl sites for hydroxylation is 1. The molecule has 0 spiro atoms. The number of likely N-dealkylation sites (tertiary alicyclic amines) is 1. The van der Waals surface area contributed by atoms with Gasteiger partial charge >= 0.3 is 0 Å². The van der Waals surface area contributed by atoms with E-state index in [4.69, 9.17) is 10.5 Å². The Morgan fingerprint density at radius 1 is 1.22 bits per heavy atom. The molecule has 1 aliphatic carbocycles. The largest absolute Gasteiger partial charge is 0.391 e. The average molecular weight is 513 g/mol. The zero-order valence-corrected chi connectivity index (χ0v) is 22.0. The van der Waals surface area contributed by atoms with Crippen molar-refractivity contribution in [1.29, 1.82) is 0 Å². The number of hydrogen-bond donors (Lipinski definition) is 3. The highest BCUT2D eigenvalue weighted by molar-refractivity contribution is 5.79. The topological polar surface area (TPSA) is 96.0 Å². The summed E-state index contributed by atoms with van der Waals surface area (Å²) in [6, 6.07) is 12.3. The zero-order chi connectivity index (χ0) is 26.6. The molecule has 2 aliphatic rings. The third-order valence-corrected chi connectivity index (χ3v) is 8.27. The van der Waals surface area contributed by atoms with E-state index in [0.29, 0.717) is 50.9 Å². The molecule has 4 rings (SSSR count). The molecule has 4 N–H and O–H groups in total. The number of carbonyl (C=O) groups excluding carboxylic acids is 1. The maximum absolute atomic E-state index is 14.7. The number of methoxy groups -OCH3 is 1. The molecule has 37 heavy (non-hydrogen) atoms. The van der Waals surface area contributed by atoms with Crippen molar-refractivity contribution in [2.24, 2.45) is 17.6 Å². The highest BCUT2D eigenvalue weighted by Gasteiger charge is 2.44. The summed E-state index contributed by atoms with van der Waals surface area (Å²) in [7, 11) is 1.66. The lowest BCUT2D eigenvalue weighted by molar-refractivity contribution is -0.141. The van der Waals surface area contributed by atoms with Gasteiger partial charge in [-0.05, 0) is 80.7 Å². The molecular weight excluding hydrogens is 471 g/mol. The maximum Gasteiger partial charge on any atom is 0.225 e. The van der Waals surface area contributed by atoms with Crippen LogP contribution in [0.4, 0.5) is 4.39 Å². The molecule has 1 amide bonds. The van der Waals surface area contributed by atoms with Gasteiger partial charge in [0.15, 0.2) is 0 Å². The van der Waals surface area contributed by atoms with Gasteiger partial charge in [-0.15, -0.1) is 0 Å². The quantitative estimate of drug-likeness (QED) is 0.439. The minimum Gasteiger partial charge on any atom is -0.391 e. The monoisotopic (exact) mass is 512 g/mol. The summed E-state index contributed by atoms with van der Waals surface area (Å²) in [5, 5.41) is 22.6. The molecule has 2 aromatic rings. The minimum absolute atomic E-state index is 0.00316. The molecular formula is C30H41FN2O4. The van der Waals surface area contributed by atoms with Crippen LogP contribution in [-0.2, 0) is 15.1 Å². The minimum atomic E-state index is -1.32. The first kappa shape index (κ1) is 27.7. The number of nitrogens with zero attached hydrogens (tertiary/aromatic N) is 1. The fraction of sp³-hybridized carbons (Fsp3) is 0.567.